The lowest BCUT2D eigenvalue weighted by molar-refractivity contribution is -0.142. The van der Waals surface area contributed by atoms with Crippen LogP contribution >= 0.6 is 0 Å². The maximum absolute atomic E-state index is 11.8. The molecule has 1 fully saturated rings. The fraction of sp³-hybridized carbons (Fsp3) is 0.833. The molecule has 0 unspecified atom stereocenters. The molecule has 0 aromatic rings. The molecule has 0 radical (unpaired) electrons. The Morgan fingerprint density at radius 1 is 1.37 bits per heavy atom. The Kier molecular flexibility index (Phi) is 6.58. The zero-order chi connectivity index (χ0) is 14.3. The van der Waals surface area contributed by atoms with Crippen LogP contribution in [0.5, 0.6) is 0 Å². The van der Waals surface area contributed by atoms with E-state index >= 15 is 0 Å². The minimum Gasteiger partial charge on any atom is -0.480 e. The highest BCUT2D eigenvalue weighted by Gasteiger charge is 2.23. The number of ether oxygens (including phenoxy) is 1. The molecule has 1 saturated heterocycles. The first-order valence-corrected chi connectivity index (χ1v) is 6.49. The van der Waals surface area contributed by atoms with Crippen LogP contribution in [0.1, 0.15) is 12.8 Å². The van der Waals surface area contributed by atoms with Gasteiger partial charge in [0.2, 0.25) is 0 Å². The van der Waals surface area contributed by atoms with Crippen LogP contribution in [0.25, 0.3) is 0 Å². The summed E-state index contributed by atoms with van der Waals surface area (Å²) in [4.78, 5) is 26.0. The summed E-state index contributed by atoms with van der Waals surface area (Å²) < 4.78 is 4.84. The van der Waals surface area contributed by atoms with Gasteiger partial charge in [0.25, 0.3) is 0 Å². The number of nitrogens with zero attached hydrogens (tertiary/aromatic N) is 2. The first kappa shape index (κ1) is 15.7. The molecule has 0 saturated carbocycles. The molecule has 0 aromatic heterocycles. The summed E-state index contributed by atoms with van der Waals surface area (Å²) in [6.45, 7) is 1.73. The average molecular weight is 273 g/mol. The standard InChI is InChI=1S/C12H23N3O4/c1-14(2)10-3-6-15(7-4-10)12(18)13-5-8-19-9-11(16)17/h10H,3-9H2,1-2H3,(H,13,18)(H,16,17). The molecule has 0 atom stereocenters. The van der Waals surface area contributed by atoms with Crippen molar-refractivity contribution in [3.05, 3.63) is 0 Å². The van der Waals surface area contributed by atoms with Gasteiger partial charge < -0.3 is 25.0 Å². The summed E-state index contributed by atoms with van der Waals surface area (Å²) in [6.07, 6.45) is 1.96. The van der Waals surface area contributed by atoms with Gasteiger partial charge in [0.15, 0.2) is 0 Å². The molecule has 0 aromatic carbocycles. The lowest BCUT2D eigenvalue weighted by Crippen LogP contribution is -2.48. The molecule has 7 nitrogen and oxygen atoms in total. The van der Waals surface area contributed by atoms with E-state index in [0.717, 1.165) is 25.9 Å². The second kappa shape index (κ2) is 7.96. The van der Waals surface area contributed by atoms with Crippen molar-refractivity contribution in [2.45, 2.75) is 18.9 Å². The third kappa shape index (κ3) is 5.89. The van der Waals surface area contributed by atoms with Crippen molar-refractivity contribution in [2.75, 3.05) is 46.9 Å². The molecule has 1 aliphatic rings. The SMILES string of the molecule is CN(C)C1CCN(C(=O)NCCOCC(=O)O)CC1. The topological polar surface area (TPSA) is 82.1 Å². The minimum atomic E-state index is -1.00. The number of carboxylic acid groups (broad SMARTS) is 1. The van der Waals surface area contributed by atoms with Crippen LogP contribution in [0.3, 0.4) is 0 Å². The fourth-order valence-corrected chi connectivity index (χ4v) is 2.09. The predicted octanol–water partition coefficient (Wildman–Crippen LogP) is -0.177. The highest BCUT2D eigenvalue weighted by atomic mass is 16.5. The number of amides is 2. The number of hydrogen-bond donors (Lipinski definition) is 2. The summed E-state index contributed by atoms with van der Waals surface area (Å²) in [6, 6.07) is 0.444. The number of aliphatic carboxylic acids is 1. The molecule has 2 N–H and O–H groups in total. The molecular weight excluding hydrogens is 250 g/mol. The van der Waals surface area contributed by atoms with Crippen molar-refractivity contribution in [1.82, 2.24) is 15.1 Å². The maximum Gasteiger partial charge on any atom is 0.329 e. The molecule has 7 heteroatoms. The Morgan fingerprint density at radius 3 is 2.53 bits per heavy atom. The predicted molar refractivity (Wildman–Crippen MR) is 70.1 cm³/mol. The van der Waals surface area contributed by atoms with Gasteiger partial charge in [-0.2, -0.15) is 0 Å². The van der Waals surface area contributed by atoms with Crippen LogP contribution in [0.15, 0.2) is 0 Å². The summed E-state index contributed by atoms with van der Waals surface area (Å²) >= 11 is 0. The van der Waals surface area contributed by atoms with E-state index in [1.165, 1.54) is 0 Å². The second-order valence-electron chi connectivity index (χ2n) is 4.86. The van der Waals surface area contributed by atoms with Crippen molar-refractivity contribution in [1.29, 1.82) is 0 Å². The first-order valence-electron chi connectivity index (χ1n) is 6.49. The van der Waals surface area contributed by atoms with Gasteiger partial charge in [0.05, 0.1) is 6.61 Å². The molecular formula is C12H23N3O4. The van der Waals surface area contributed by atoms with E-state index < -0.39 is 5.97 Å². The van der Waals surface area contributed by atoms with Crippen molar-refractivity contribution >= 4 is 12.0 Å². The number of piperidine rings is 1. The lowest BCUT2D eigenvalue weighted by atomic mass is 10.0. The van der Waals surface area contributed by atoms with Gasteiger partial charge in [0, 0.05) is 25.7 Å². The fourth-order valence-electron chi connectivity index (χ4n) is 2.09. The van der Waals surface area contributed by atoms with E-state index in [0.29, 0.717) is 12.6 Å². The number of carbonyl (C=O) groups excluding carboxylic acids is 1. The van der Waals surface area contributed by atoms with E-state index in [-0.39, 0.29) is 19.2 Å². The number of carbonyl (C=O) groups is 2. The van der Waals surface area contributed by atoms with E-state index in [1.807, 2.05) is 0 Å². The smallest absolute Gasteiger partial charge is 0.329 e. The molecule has 1 rings (SSSR count). The molecule has 0 bridgehead atoms. The maximum atomic E-state index is 11.8. The highest BCUT2D eigenvalue weighted by molar-refractivity contribution is 5.74. The molecule has 1 heterocycles. The van der Waals surface area contributed by atoms with E-state index in [2.05, 4.69) is 24.3 Å². The Morgan fingerprint density at radius 2 is 2.00 bits per heavy atom. The number of hydrogen-bond acceptors (Lipinski definition) is 4. The number of likely N-dealkylation sites (tertiary alicyclic amines) is 1. The molecule has 1 aliphatic heterocycles. The summed E-state index contributed by atoms with van der Waals surface area (Å²) in [5.41, 5.74) is 0. The van der Waals surface area contributed by atoms with Crippen molar-refractivity contribution < 1.29 is 19.4 Å². The van der Waals surface area contributed by atoms with Crippen molar-refractivity contribution in [2.24, 2.45) is 0 Å². The molecule has 0 spiro atoms. The number of nitrogens with one attached hydrogen (secondary N) is 1. The Labute approximate surface area is 113 Å². The molecule has 2 amide bonds. The first-order chi connectivity index (χ1) is 9.00. The van der Waals surface area contributed by atoms with Crippen LogP contribution in [0.4, 0.5) is 4.79 Å². The third-order valence-corrected chi connectivity index (χ3v) is 3.23. The van der Waals surface area contributed by atoms with Crippen LogP contribution in [0, 0.1) is 0 Å². The zero-order valence-corrected chi connectivity index (χ0v) is 11.6. The normalized spacial score (nSPS) is 16.7. The van der Waals surface area contributed by atoms with Gasteiger partial charge in [-0.1, -0.05) is 0 Å². The van der Waals surface area contributed by atoms with Gasteiger partial charge >= 0.3 is 12.0 Å². The van der Waals surface area contributed by atoms with Gasteiger partial charge in [-0.15, -0.1) is 0 Å². The largest absolute Gasteiger partial charge is 0.480 e. The Hall–Kier alpha value is -1.34. The van der Waals surface area contributed by atoms with Gasteiger partial charge in [0.1, 0.15) is 6.61 Å². The number of urea groups is 1. The van der Waals surface area contributed by atoms with Crippen LogP contribution < -0.4 is 5.32 Å². The Bertz CT molecular complexity index is 301. The van der Waals surface area contributed by atoms with E-state index in [4.69, 9.17) is 9.84 Å². The molecule has 0 aliphatic carbocycles. The monoisotopic (exact) mass is 273 g/mol. The summed E-state index contributed by atoms with van der Waals surface area (Å²) in [5, 5.41) is 11.1. The number of rotatable bonds is 6. The van der Waals surface area contributed by atoms with Crippen LogP contribution in [-0.4, -0.2) is 79.9 Å². The molecule has 110 valence electrons. The van der Waals surface area contributed by atoms with Gasteiger partial charge in [-0.3, -0.25) is 0 Å². The summed E-state index contributed by atoms with van der Waals surface area (Å²) in [7, 11) is 4.11. The lowest BCUT2D eigenvalue weighted by Gasteiger charge is -2.35. The van der Waals surface area contributed by atoms with E-state index in [1.54, 1.807) is 4.90 Å². The highest BCUT2D eigenvalue weighted by Crippen LogP contribution is 2.13. The minimum absolute atomic E-state index is 0.101. The van der Waals surface area contributed by atoms with Gasteiger partial charge in [-0.25, -0.2) is 9.59 Å². The van der Waals surface area contributed by atoms with Crippen molar-refractivity contribution in [3.8, 4) is 0 Å². The number of carboxylic acids is 1. The second-order valence-corrected chi connectivity index (χ2v) is 4.86. The summed E-state index contributed by atoms with van der Waals surface area (Å²) in [5.74, 6) is -1.00. The van der Waals surface area contributed by atoms with Gasteiger partial charge in [-0.05, 0) is 26.9 Å². The Balaban J connectivity index is 2.12. The van der Waals surface area contributed by atoms with Crippen LogP contribution in [-0.2, 0) is 9.53 Å². The third-order valence-electron chi connectivity index (χ3n) is 3.23. The van der Waals surface area contributed by atoms with Crippen molar-refractivity contribution in [3.63, 3.8) is 0 Å². The quantitative estimate of drug-likeness (QED) is 0.656. The zero-order valence-electron chi connectivity index (χ0n) is 11.6. The van der Waals surface area contributed by atoms with E-state index in [9.17, 15) is 9.59 Å². The molecule has 19 heavy (non-hydrogen) atoms. The van der Waals surface area contributed by atoms with Crippen LogP contribution in [0.2, 0.25) is 0 Å². The average Bonchev–Trinajstić information content (AvgIpc) is 2.37.